The van der Waals surface area contributed by atoms with Crippen molar-refractivity contribution in [3.63, 3.8) is 0 Å². The summed E-state index contributed by atoms with van der Waals surface area (Å²) >= 11 is 0. The normalized spacial score (nSPS) is 11.9. The van der Waals surface area contributed by atoms with Gasteiger partial charge in [-0.05, 0) is 43.7 Å². The van der Waals surface area contributed by atoms with Gasteiger partial charge in [-0.3, -0.25) is 4.79 Å². The third-order valence-corrected chi connectivity index (χ3v) is 6.86. The number of hydrogen-bond acceptors (Lipinski definition) is 8. The van der Waals surface area contributed by atoms with Crippen LogP contribution in [0.1, 0.15) is 57.6 Å². The van der Waals surface area contributed by atoms with E-state index in [-0.39, 0.29) is 23.8 Å². The molecule has 10 heteroatoms. The van der Waals surface area contributed by atoms with Gasteiger partial charge in [-0.15, -0.1) is 0 Å². The Bertz CT molecular complexity index is 1280. The number of nitrogens with one attached hydrogen (secondary N) is 1. The molecule has 2 heterocycles. The molecule has 3 rings (SSSR count). The van der Waals surface area contributed by atoms with Gasteiger partial charge in [0.2, 0.25) is 11.8 Å². The maximum Gasteiger partial charge on any atom is 0.326 e. The molecule has 0 aliphatic rings. The summed E-state index contributed by atoms with van der Waals surface area (Å²) in [7, 11) is 3.10. The van der Waals surface area contributed by atoms with Crippen LogP contribution < -0.4 is 20.5 Å². The average Bonchev–Trinajstić information content (AvgIpc) is 2.92. The summed E-state index contributed by atoms with van der Waals surface area (Å²) in [5, 5.41) is 13.3. The lowest BCUT2D eigenvalue weighted by atomic mass is 9.95. The Hall–Kier alpha value is -3.95. The first-order valence-corrected chi connectivity index (χ1v) is 13.1. The highest BCUT2D eigenvalue weighted by Crippen LogP contribution is 2.30. The Morgan fingerprint density at radius 3 is 2.32 bits per heavy atom. The molecule has 0 radical (unpaired) electrons. The zero-order chi connectivity index (χ0) is 27.8. The molecular weight excluding hydrogens is 484 g/mol. The molecule has 0 unspecified atom stereocenters. The second-order valence-electron chi connectivity index (χ2n) is 9.14. The Morgan fingerprint density at radius 2 is 1.76 bits per heavy atom. The first-order chi connectivity index (χ1) is 18.3. The summed E-state index contributed by atoms with van der Waals surface area (Å²) in [5.74, 6) is 0.618. The lowest BCUT2D eigenvalue weighted by Gasteiger charge is -2.24. The number of carboxylic acids is 1. The third-order valence-electron chi connectivity index (χ3n) is 6.86. The predicted molar refractivity (Wildman–Crippen MR) is 149 cm³/mol. The Morgan fingerprint density at radius 1 is 1.11 bits per heavy atom. The molecule has 2 aromatic heterocycles. The number of anilines is 2. The SMILES string of the molecule is CCC(CC)c1cnc(N(CC)CC)nc1N[C@@H](Cc1ccc(-c2c(OC)ncn(C)c2=O)cc1)C(=O)O. The monoisotopic (exact) mass is 522 g/mol. The number of rotatable bonds is 13. The van der Waals surface area contributed by atoms with Crippen molar-refractivity contribution in [3.8, 4) is 17.0 Å². The fraction of sp³-hybridized carbons (Fsp3) is 0.464. The summed E-state index contributed by atoms with van der Waals surface area (Å²) in [6.45, 7) is 9.79. The van der Waals surface area contributed by atoms with Gasteiger partial charge in [0, 0.05) is 38.3 Å². The third kappa shape index (κ3) is 6.30. The van der Waals surface area contributed by atoms with Crippen LogP contribution in [0.5, 0.6) is 5.88 Å². The fourth-order valence-electron chi connectivity index (χ4n) is 4.52. The topological polar surface area (TPSA) is 122 Å². The highest BCUT2D eigenvalue weighted by Gasteiger charge is 2.24. The first-order valence-electron chi connectivity index (χ1n) is 13.1. The van der Waals surface area contributed by atoms with Crippen LogP contribution in [0.15, 0.2) is 41.6 Å². The van der Waals surface area contributed by atoms with Gasteiger partial charge in [-0.2, -0.15) is 4.98 Å². The van der Waals surface area contributed by atoms with Crippen LogP contribution in [0.3, 0.4) is 0 Å². The number of methoxy groups -OCH3 is 1. The van der Waals surface area contributed by atoms with E-state index in [1.807, 2.05) is 37.1 Å². The first kappa shape index (κ1) is 28.6. The van der Waals surface area contributed by atoms with Gasteiger partial charge in [-0.25, -0.2) is 14.8 Å². The van der Waals surface area contributed by atoms with Crippen LogP contribution in [-0.4, -0.2) is 56.8 Å². The summed E-state index contributed by atoms with van der Waals surface area (Å²) < 4.78 is 6.68. The highest BCUT2D eigenvalue weighted by atomic mass is 16.5. The number of ether oxygens (including phenoxy) is 1. The number of hydrogen-bond donors (Lipinski definition) is 2. The molecule has 38 heavy (non-hydrogen) atoms. The summed E-state index contributed by atoms with van der Waals surface area (Å²) in [6.07, 6.45) is 5.27. The Labute approximate surface area is 223 Å². The van der Waals surface area contributed by atoms with Crippen molar-refractivity contribution >= 4 is 17.7 Å². The second-order valence-corrected chi connectivity index (χ2v) is 9.14. The van der Waals surface area contributed by atoms with Crippen LogP contribution in [0.2, 0.25) is 0 Å². The van der Waals surface area contributed by atoms with E-state index < -0.39 is 12.0 Å². The molecule has 0 bridgehead atoms. The highest BCUT2D eigenvalue weighted by molar-refractivity contribution is 5.78. The van der Waals surface area contributed by atoms with Crippen molar-refractivity contribution in [2.45, 2.75) is 58.9 Å². The number of carboxylic acid groups (broad SMARTS) is 1. The summed E-state index contributed by atoms with van der Waals surface area (Å²) in [5.41, 5.74) is 2.50. The van der Waals surface area contributed by atoms with E-state index in [9.17, 15) is 14.7 Å². The number of carbonyl (C=O) groups is 1. The molecule has 0 amide bonds. The van der Waals surface area contributed by atoms with Crippen LogP contribution in [0.25, 0.3) is 11.1 Å². The second kappa shape index (κ2) is 13.0. The zero-order valence-electron chi connectivity index (χ0n) is 23.1. The maximum atomic E-state index is 12.7. The Balaban J connectivity index is 1.93. The van der Waals surface area contributed by atoms with Gasteiger partial charge in [0.25, 0.3) is 5.56 Å². The van der Waals surface area contributed by atoms with Crippen molar-refractivity contribution < 1.29 is 14.6 Å². The van der Waals surface area contributed by atoms with E-state index in [4.69, 9.17) is 9.72 Å². The molecule has 0 saturated carbocycles. The van der Waals surface area contributed by atoms with Gasteiger partial charge in [0.1, 0.15) is 23.8 Å². The van der Waals surface area contributed by atoms with Crippen LogP contribution in [0, 0.1) is 0 Å². The fourth-order valence-corrected chi connectivity index (χ4v) is 4.52. The molecule has 1 atom stereocenters. The van der Waals surface area contributed by atoms with E-state index in [1.54, 1.807) is 19.2 Å². The summed E-state index contributed by atoms with van der Waals surface area (Å²) in [6, 6.07) is 6.31. The number of nitrogens with zero attached hydrogens (tertiary/aromatic N) is 5. The molecule has 0 spiro atoms. The van der Waals surface area contributed by atoms with Crippen molar-refractivity contribution in [2.24, 2.45) is 7.05 Å². The van der Waals surface area contributed by atoms with Gasteiger partial charge >= 0.3 is 5.97 Å². The van der Waals surface area contributed by atoms with E-state index in [0.29, 0.717) is 22.9 Å². The maximum absolute atomic E-state index is 12.7. The molecular formula is C28H38N6O4. The minimum absolute atomic E-state index is 0.217. The molecule has 0 aliphatic carbocycles. The minimum Gasteiger partial charge on any atom is -0.480 e. The molecule has 1 aromatic carbocycles. The van der Waals surface area contributed by atoms with Crippen molar-refractivity contribution in [1.29, 1.82) is 0 Å². The zero-order valence-corrected chi connectivity index (χ0v) is 23.1. The number of aliphatic carboxylic acids is 1. The Kier molecular flexibility index (Phi) is 9.81. The number of benzene rings is 1. The van der Waals surface area contributed by atoms with Crippen molar-refractivity contribution in [2.75, 3.05) is 30.4 Å². The van der Waals surface area contributed by atoms with E-state index in [0.717, 1.165) is 37.1 Å². The molecule has 0 saturated heterocycles. The lowest BCUT2D eigenvalue weighted by molar-refractivity contribution is -0.137. The van der Waals surface area contributed by atoms with Gasteiger partial charge in [0.05, 0.1) is 7.11 Å². The van der Waals surface area contributed by atoms with Crippen LogP contribution >= 0.6 is 0 Å². The van der Waals surface area contributed by atoms with Crippen LogP contribution in [0.4, 0.5) is 11.8 Å². The van der Waals surface area contributed by atoms with Crippen molar-refractivity contribution in [3.05, 3.63) is 58.3 Å². The predicted octanol–water partition coefficient (Wildman–Crippen LogP) is 4.10. The molecule has 0 fully saturated rings. The van der Waals surface area contributed by atoms with E-state index in [2.05, 4.69) is 29.1 Å². The van der Waals surface area contributed by atoms with E-state index in [1.165, 1.54) is 18.0 Å². The van der Waals surface area contributed by atoms with Crippen molar-refractivity contribution in [1.82, 2.24) is 19.5 Å². The quantitative estimate of drug-likeness (QED) is 0.341. The molecule has 0 aliphatic heterocycles. The molecule has 10 nitrogen and oxygen atoms in total. The number of aryl methyl sites for hydroxylation is 1. The standard InChI is InChI=1S/C28H38N6O4/c1-7-19(8-2)21-16-29-28(34(9-3)10-4)32-24(21)31-22(27(36)37)15-18-11-13-20(14-12-18)23-25(38-6)30-17-33(5)26(23)35/h11-14,16-17,19,22H,7-10,15H2,1-6H3,(H,36,37)(H,29,31,32)/t22-/m0/s1. The van der Waals surface area contributed by atoms with Gasteiger partial charge in [-0.1, -0.05) is 38.1 Å². The molecule has 204 valence electrons. The van der Waals surface area contributed by atoms with E-state index >= 15 is 0 Å². The summed E-state index contributed by atoms with van der Waals surface area (Å²) in [4.78, 5) is 40.6. The molecule has 3 aromatic rings. The minimum atomic E-state index is -0.977. The number of aromatic nitrogens is 4. The van der Waals surface area contributed by atoms with Gasteiger partial charge in [0.15, 0.2) is 0 Å². The largest absolute Gasteiger partial charge is 0.480 e. The van der Waals surface area contributed by atoms with Gasteiger partial charge < -0.3 is 24.6 Å². The smallest absolute Gasteiger partial charge is 0.326 e. The molecule has 2 N–H and O–H groups in total. The lowest BCUT2D eigenvalue weighted by Crippen LogP contribution is -2.33. The van der Waals surface area contributed by atoms with Crippen LogP contribution in [-0.2, 0) is 18.3 Å². The average molecular weight is 523 g/mol.